The fourth-order valence-corrected chi connectivity index (χ4v) is 4.55. The zero-order chi connectivity index (χ0) is 23.4. The molecule has 1 aromatic heterocycles. The Morgan fingerprint density at radius 2 is 1.64 bits per heavy atom. The number of nitrogens with one attached hydrogen (secondary N) is 1. The van der Waals surface area contributed by atoms with E-state index in [1.165, 1.54) is 46.5 Å². The number of hydrogen-bond donors (Lipinski definition) is 1. The molecule has 0 spiro atoms. The Morgan fingerprint density at radius 3 is 2.36 bits per heavy atom. The van der Waals surface area contributed by atoms with Crippen LogP contribution in [0, 0.1) is 0 Å². The van der Waals surface area contributed by atoms with E-state index in [-0.39, 0.29) is 23.5 Å². The summed E-state index contributed by atoms with van der Waals surface area (Å²) >= 11 is 0. The minimum absolute atomic E-state index is 0.119. The number of benzene rings is 3. The number of aromatic nitrogens is 2. The van der Waals surface area contributed by atoms with E-state index in [0.717, 1.165) is 5.56 Å². The summed E-state index contributed by atoms with van der Waals surface area (Å²) in [6.45, 7) is 0.0345. The van der Waals surface area contributed by atoms with Crippen molar-refractivity contribution >= 4 is 32.5 Å². The Hall–Kier alpha value is -3.82. The van der Waals surface area contributed by atoms with Gasteiger partial charge in [-0.15, -0.1) is 0 Å². The topological polar surface area (TPSA) is 101 Å². The molecule has 1 N–H and O–H groups in total. The number of sulfonamides is 1. The molecule has 9 heteroatoms. The summed E-state index contributed by atoms with van der Waals surface area (Å²) in [5.74, 6) is -0.425. The number of carbonyl (C=O) groups excluding carboxylic acids is 1. The van der Waals surface area contributed by atoms with Gasteiger partial charge in [-0.25, -0.2) is 13.4 Å². The number of anilines is 1. The van der Waals surface area contributed by atoms with Crippen LogP contribution in [0.25, 0.3) is 10.9 Å². The first-order chi connectivity index (χ1) is 15.8. The van der Waals surface area contributed by atoms with Crippen molar-refractivity contribution in [2.75, 3.05) is 12.4 Å². The van der Waals surface area contributed by atoms with Gasteiger partial charge in [-0.3, -0.25) is 14.2 Å². The zero-order valence-electron chi connectivity index (χ0n) is 17.9. The van der Waals surface area contributed by atoms with Crippen molar-refractivity contribution < 1.29 is 13.2 Å². The summed E-state index contributed by atoms with van der Waals surface area (Å²) in [5.41, 5.74) is 1.56. The number of rotatable bonds is 7. The predicted molar refractivity (Wildman–Crippen MR) is 126 cm³/mol. The number of nitrogens with zero attached hydrogens (tertiary/aromatic N) is 3. The summed E-state index contributed by atoms with van der Waals surface area (Å²) in [5, 5.41) is 3.11. The van der Waals surface area contributed by atoms with Gasteiger partial charge in [0.1, 0.15) is 6.54 Å². The van der Waals surface area contributed by atoms with E-state index in [9.17, 15) is 18.0 Å². The standard InChI is InChI=1S/C24H22N4O4S/c1-27(15-18-7-3-2-4-8-18)33(31,32)20-13-11-19(12-14-20)26-23(29)16-28-17-25-22-10-6-5-9-21(22)24(28)30/h2-14,17H,15-16H2,1H3,(H,26,29). The highest BCUT2D eigenvalue weighted by molar-refractivity contribution is 7.89. The Kier molecular flexibility index (Phi) is 6.34. The molecule has 168 valence electrons. The molecule has 0 aliphatic carbocycles. The van der Waals surface area contributed by atoms with Crippen LogP contribution in [0.15, 0.2) is 94.9 Å². The zero-order valence-corrected chi connectivity index (χ0v) is 18.7. The van der Waals surface area contributed by atoms with Crippen LogP contribution in [0.3, 0.4) is 0 Å². The summed E-state index contributed by atoms with van der Waals surface area (Å²) in [6.07, 6.45) is 1.34. The lowest BCUT2D eigenvalue weighted by Crippen LogP contribution is -2.28. The number of amides is 1. The van der Waals surface area contributed by atoms with Crippen molar-refractivity contribution in [2.24, 2.45) is 0 Å². The van der Waals surface area contributed by atoms with Gasteiger partial charge in [0.25, 0.3) is 5.56 Å². The maximum Gasteiger partial charge on any atom is 0.261 e. The van der Waals surface area contributed by atoms with E-state index >= 15 is 0 Å². The van der Waals surface area contributed by atoms with Crippen molar-refractivity contribution in [3.63, 3.8) is 0 Å². The minimum Gasteiger partial charge on any atom is -0.325 e. The van der Waals surface area contributed by atoms with Crippen molar-refractivity contribution in [1.29, 1.82) is 0 Å². The molecule has 0 atom stereocenters. The largest absolute Gasteiger partial charge is 0.325 e. The molecule has 1 heterocycles. The third-order valence-corrected chi connectivity index (χ3v) is 6.96. The number of para-hydroxylation sites is 1. The molecule has 0 saturated heterocycles. The summed E-state index contributed by atoms with van der Waals surface area (Å²) in [7, 11) is -2.17. The van der Waals surface area contributed by atoms with Crippen LogP contribution in [0.2, 0.25) is 0 Å². The second-order valence-corrected chi connectivity index (χ2v) is 9.56. The van der Waals surface area contributed by atoms with Crippen molar-refractivity contribution in [1.82, 2.24) is 13.9 Å². The Bertz CT molecular complexity index is 1450. The Labute approximate surface area is 191 Å². The molecule has 0 bridgehead atoms. The summed E-state index contributed by atoms with van der Waals surface area (Å²) < 4.78 is 28.2. The lowest BCUT2D eigenvalue weighted by Gasteiger charge is -2.17. The average Bonchev–Trinajstić information content (AvgIpc) is 2.82. The van der Waals surface area contributed by atoms with Gasteiger partial charge in [0.05, 0.1) is 22.1 Å². The van der Waals surface area contributed by atoms with E-state index in [0.29, 0.717) is 16.6 Å². The van der Waals surface area contributed by atoms with Gasteiger partial charge in [0, 0.05) is 19.3 Å². The highest BCUT2D eigenvalue weighted by atomic mass is 32.2. The van der Waals surface area contributed by atoms with Gasteiger partial charge < -0.3 is 5.32 Å². The molecule has 0 fully saturated rings. The van der Waals surface area contributed by atoms with E-state index in [4.69, 9.17) is 0 Å². The van der Waals surface area contributed by atoms with Gasteiger partial charge >= 0.3 is 0 Å². The minimum atomic E-state index is -3.69. The lowest BCUT2D eigenvalue weighted by atomic mass is 10.2. The third-order valence-electron chi connectivity index (χ3n) is 5.14. The van der Waals surface area contributed by atoms with Crippen LogP contribution in [0.5, 0.6) is 0 Å². The molecule has 0 aliphatic heterocycles. The molecular weight excluding hydrogens is 440 g/mol. The Morgan fingerprint density at radius 1 is 0.970 bits per heavy atom. The third kappa shape index (κ3) is 5.00. The molecule has 0 aliphatic rings. The van der Waals surface area contributed by atoms with Gasteiger partial charge in [-0.1, -0.05) is 42.5 Å². The highest BCUT2D eigenvalue weighted by Crippen LogP contribution is 2.19. The molecular formula is C24H22N4O4S. The lowest BCUT2D eigenvalue weighted by molar-refractivity contribution is -0.116. The number of carbonyl (C=O) groups is 1. The van der Waals surface area contributed by atoms with Crippen LogP contribution in [0.4, 0.5) is 5.69 Å². The maximum atomic E-state index is 12.8. The van der Waals surface area contributed by atoms with Crippen molar-refractivity contribution in [3.05, 3.63) is 101 Å². The monoisotopic (exact) mass is 462 g/mol. The fourth-order valence-electron chi connectivity index (χ4n) is 3.39. The van der Waals surface area contributed by atoms with Crippen LogP contribution in [0.1, 0.15) is 5.56 Å². The van der Waals surface area contributed by atoms with Gasteiger partial charge in [-0.2, -0.15) is 4.31 Å². The number of hydrogen-bond acceptors (Lipinski definition) is 5. The fraction of sp³-hybridized carbons (Fsp3) is 0.125. The van der Waals surface area contributed by atoms with Gasteiger partial charge in [0.15, 0.2) is 0 Å². The van der Waals surface area contributed by atoms with Crippen LogP contribution >= 0.6 is 0 Å². The molecule has 33 heavy (non-hydrogen) atoms. The first kappa shape index (κ1) is 22.4. The number of fused-ring (bicyclic) bond motifs is 1. The second kappa shape index (κ2) is 9.35. The van der Waals surface area contributed by atoms with Crippen LogP contribution in [-0.4, -0.2) is 35.2 Å². The molecule has 0 radical (unpaired) electrons. The summed E-state index contributed by atoms with van der Waals surface area (Å²) in [6, 6.07) is 22.1. The van der Waals surface area contributed by atoms with Crippen LogP contribution < -0.4 is 10.9 Å². The maximum absolute atomic E-state index is 12.8. The van der Waals surface area contributed by atoms with Crippen molar-refractivity contribution in [3.8, 4) is 0 Å². The summed E-state index contributed by atoms with van der Waals surface area (Å²) in [4.78, 5) is 29.3. The van der Waals surface area contributed by atoms with Crippen molar-refractivity contribution in [2.45, 2.75) is 18.0 Å². The highest BCUT2D eigenvalue weighted by Gasteiger charge is 2.21. The Balaban J connectivity index is 1.43. The van der Waals surface area contributed by atoms with E-state index in [1.54, 1.807) is 24.3 Å². The van der Waals surface area contributed by atoms with Gasteiger partial charge in [0.2, 0.25) is 15.9 Å². The SMILES string of the molecule is CN(Cc1ccccc1)S(=O)(=O)c1ccc(NC(=O)Cn2cnc3ccccc3c2=O)cc1. The van der Waals surface area contributed by atoms with Crippen LogP contribution in [-0.2, 0) is 27.9 Å². The molecule has 1 amide bonds. The second-order valence-electron chi connectivity index (χ2n) is 7.51. The first-order valence-corrected chi connectivity index (χ1v) is 11.6. The molecule has 0 saturated carbocycles. The molecule has 4 rings (SSSR count). The van der Waals surface area contributed by atoms with E-state index in [2.05, 4.69) is 10.3 Å². The molecule has 0 unspecified atom stereocenters. The molecule has 3 aromatic carbocycles. The quantitative estimate of drug-likeness (QED) is 0.455. The average molecular weight is 463 g/mol. The normalized spacial score (nSPS) is 11.6. The predicted octanol–water partition coefficient (Wildman–Crippen LogP) is 2.86. The smallest absolute Gasteiger partial charge is 0.261 e. The van der Waals surface area contributed by atoms with E-state index < -0.39 is 15.9 Å². The molecule has 4 aromatic rings. The molecule has 8 nitrogen and oxygen atoms in total. The first-order valence-electron chi connectivity index (χ1n) is 10.2. The van der Waals surface area contributed by atoms with Gasteiger partial charge in [-0.05, 0) is 42.0 Å². The van der Waals surface area contributed by atoms with E-state index in [1.807, 2.05) is 30.3 Å².